The van der Waals surface area contributed by atoms with Crippen LogP contribution in [0, 0.1) is 0 Å². The van der Waals surface area contributed by atoms with Gasteiger partial charge in [0, 0.05) is 44.1 Å². The van der Waals surface area contributed by atoms with Gasteiger partial charge in [-0.05, 0) is 50.6 Å². The molecule has 0 unspecified atom stereocenters. The first-order valence-electron chi connectivity index (χ1n) is 12.8. The fourth-order valence-corrected chi connectivity index (χ4v) is 7.24. The van der Waals surface area contributed by atoms with Crippen molar-refractivity contribution in [1.82, 2.24) is 24.3 Å². The van der Waals surface area contributed by atoms with Gasteiger partial charge in [0.2, 0.25) is 20.0 Å². The molecule has 212 valence electrons. The standard InChI is InChI=1S/C25H33N5O7S2/c1-26-38(32,33)21-4-2-3-20(11-21)36-17-19(31)14-28-18-13-25(37-16-18)6-9-30(10-7-25)39(34,35)22-12-24-23(29-15-22)5-8-27-24/h2-5,8,11-12,15,18-19,26-28,31H,6-7,9-10,13-14,16-17H2,1H3/t18-,19+/m1/s1. The molecule has 1 aromatic carbocycles. The third kappa shape index (κ3) is 6.11. The lowest BCUT2D eigenvalue weighted by atomic mass is 9.88. The SMILES string of the molecule is CNS(=O)(=O)c1cccc(OC[C@@H](O)CN[C@H]2COC3(CCN(S(=O)(=O)c4cnc5cc[nH]c5c4)CC3)C2)c1. The van der Waals surface area contributed by atoms with Crippen LogP contribution < -0.4 is 14.8 Å². The molecule has 2 aliphatic rings. The molecule has 1 spiro atoms. The van der Waals surface area contributed by atoms with Gasteiger partial charge in [-0.15, -0.1) is 0 Å². The number of ether oxygens (including phenoxy) is 2. The van der Waals surface area contributed by atoms with Crippen molar-refractivity contribution >= 4 is 31.1 Å². The number of rotatable bonds is 10. The predicted molar refractivity (Wildman–Crippen MR) is 143 cm³/mol. The number of aromatic amines is 1. The van der Waals surface area contributed by atoms with Crippen LogP contribution in [0.4, 0.5) is 0 Å². The van der Waals surface area contributed by atoms with Gasteiger partial charge in [0.1, 0.15) is 23.4 Å². The first-order chi connectivity index (χ1) is 18.6. The summed E-state index contributed by atoms with van der Waals surface area (Å²) in [6, 6.07) is 9.51. The summed E-state index contributed by atoms with van der Waals surface area (Å²) >= 11 is 0. The molecule has 0 radical (unpaired) electrons. The van der Waals surface area contributed by atoms with Gasteiger partial charge in [0.15, 0.2) is 0 Å². The molecular formula is C25H33N5O7S2. The van der Waals surface area contributed by atoms with E-state index in [2.05, 4.69) is 20.0 Å². The monoisotopic (exact) mass is 579 g/mol. The van der Waals surface area contributed by atoms with E-state index < -0.39 is 31.8 Å². The molecule has 2 fully saturated rings. The molecule has 0 bridgehead atoms. The summed E-state index contributed by atoms with van der Waals surface area (Å²) < 4.78 is 65.8. The molecule has 3 aromatic rings. The average molecular weight is 580 g/mol. The van der Waals surface area contributed by atoms with Crippen LogP contribution in [0.1, 0.15) is 19.3 Å². The third-order valence-corrected chi connectivity index (χ3v) is 10.6. The summed E-state index contributed by atoms with van der Waals surface area (Å²) in [5, 5.41) is 13.7. The second-order valence-corrected chi connectivity index (χ2v) is 13.8. The molecule has 2 atom stereocenters. The van der Waals surface area contributed by atoms with Gasteiger partial charge in [-0.25, -0.2) is 21.6 Å². The first-order valence-corrected chi connectivity index (χ1v) is 15.7. The van der Waals surface area contributed by atoms with E-state index in [-0.39, 0.29) is 29.0 Å². The van der Waals surface area contributed by atoms with E-state index >= 15 is 0 Å². The molecule has 4 heterocycles. The quantitative estimate of drug-likeness (QED) is 0.272. The molecule has 2 aliphatic heterocycles. The molecule has 2 aromatic heterocycles. The maximum Gasteiger partial charge on any atom is 0.244 e. The Morgan fingerprint density at radius 2 is 2.00 bits per heavy atom. The van der Waals surface area contributed by atoms with Gasteiger partial charge in [-0.1, -0.05) is 6.07 Å². The van der Waals surface area contributed by atoms with Crippen molar-refractivity contribution in [3.05, 3.63) is 48.8 Å². The van der Waals surface area contributed by atoms with Crippen molar-refractivity contribution in [3.63, 3.8) is 0 Å². The number of hydrogen-bond donors (Lipinski definition) is 4. The van der Waals surface area contributed by atoms with Crippen LogP contribution in [0.2, 0.25) is 0 Å². The largest absolute Gasteiger partial charge is 0.491 e. The minimum atomic E-state index is -3.66. The Morgan fingerprint density at radius 1 is 1.21 bits per heavy atom. The lowest BCUT2D eigenvalue weighted by Crippen LogP contribution is -2.47. The zero-order chi connectivity index (χ0) is 27.7. The fourth-order valence-electron chi connectivity index (χ4n) is 5.07. The fraction of sp³-hybridized carbons (Fsp3) is 0.480. The molecular weight excluding hydrogens is 546 g/mol. The van der Waals surface area contributed by atoms with Crippen LogP contribution in [-0.2, 0) is 24.8 Å². The summed E-state index contributed by atoms with van der Waals surface area (Å²) in [6.45, 7) is 1.45. The molecule has 0 aliphatic carbocycles. The third-order valence-electron chi connectivity index (χ3n) is 7.32. The lowest BCUT2D eigenvalue weighted by Gasteiger charge is -2.38. The van der Waals surface area contributed by atoms with E-state index in [0.717, 1.165) is 5.52 Å². The van der Waals surface area contributed by atoms with Gasteiger partial charge in [0.05, 0.1) is 28.1 Å². The second-order valence-electron chi connectivity index (χ2n) is 9.94. The van der Waals surface area contributed by atoms with E-state index in [1.165, 1.54) is 29.7 Å². The highest BCUT2D eigenvalue weighted by Gasteiger charge is 2.44. The van der Waals surface area contributed by atoms with Crippen LogP contribution in [0.3, 0.4) is 0 Å². The minimum absolute atomic E-state index is 0.00920. The summed E-state index contributed by atoms with van der Waals surface area (Å²) in [6.07, 6.45) is 4.20. The van der Waals surface area contributed by atoms with Crippen molar-refractivity contribution in [2.75, 3.05) is 39.9 Å². The van der Waals surface area contributed by atoms with E-state index in [4.69, 9.17) is 9.47 Å². The summed E-state index contributed by atoms with van der Waals surface area (Å²) in [5.74, 6) is 0.346. The smallest absolute Gasteiger partial charge is 0.244 e. The number of pyridine rings is 1. The zero-order valence-electron chi connectivity index (χ0n) is 21.5. The first kappa shape index (κ1) is 28.0. The molecule has 0 amide bonds. The van der Waals surface area contributed by atoms with Gasteiger partial charge in [-0.2, -0.15) is 4.31 Å². The van der Waals surface area contributed by atoms with Crippen molar-refractivity contribution in [1.29, 1.82) is 0 Å². The number of hydrogen-bond acceptors (Lipinski definition) is 9. The normalized spacial score (nSPS) is 20.9. The maximum atomic E-state index is 13.2. The highest BCUT2D eigenvalue weighted by molar-refractivity contribution is 7.89. The highest BCUT2D eigenvalue weighted by Crippen LogP contribution is 2.37. The van der Waals surface area contributed by atoms with Crippen LogP contribution in [0.15, 0.2) is 58.6 Å². The number of aliphatic hydroxyl groups excluding tert-OH is 1. The van der Waals surface area contributed by atoms with Crippen molar-refractivity contribution in [2.45, 2.75) is 46.8 Å². The van der Waals surface area contributed by atoms with E-state index in [9.17, 15) is 21.9 Å². The Balaban J connectivity index is 1.08. The number of nitrogens with one attached hydrogen (secondary N) is 3. The zero-order valence-corrected chi connectivity index (χ0v) is 23.2. The molecule has 14 heteroatoms. The topological polar surface area (TPSA) is 163 Å². The number of sulfonamides is 2. The maximum absolute atomic E-state index is 13.2. The number of nitrogens with zero attached hydrogens (tertiary/aromatic N) is 2. The van der Waals surface area contributed by atoms with Crippen molar-refractivity contribution < 1.29 is 31.4 Å². The van der Waals surface area contributed by atoms with Crippen LogP contribution in [0.25, 0.3) is 11.0 Å². The van der Waals surface area contributed by atoms with Gasteiger partial charge < -0.3 is 24.9 Å². The Hall–Kier alpha value is -2.59. The van der Waals surface area contributed by atoms with Crippen molar-refractivity contribution in [2.24, 2.45) is 0 Å². The van der Waals surface area contributed by atoms with Crippen LogP contribution in [0.5, 0.6) is 5.75 Å². The Kier molecular flexibility index (Phi) is 7.97. The molecule has 2 saturated heterocycles. The van der Waals surface area contributed by atoms with E-state index in [1.807, 2.05) is 0 Å². The summed E-state index contributed by atoms with van der Waals surface area (Å²) in [7, 11) is -5.91. The molecule has 39 heavy (non-hydrogen) atoms. The minimum Gasteiger partial charge on any atom is -0.491 e. The molecule has 4 N–H and O–H groups in total. The van der Waals surface area contributed by atoms with Crippen LogP contribution in [-0.4, -0.2) is 93.9 Å². The predicted octanol–water partition coefficient (Wildman–Crippen LogP) is 0.813. The van der Waals surface area contributed by atoms with Gasteiger partial charge in [0.25, 0.3) is 0 Å². The summed E-state index contributed by atoms with van der Waals surface area (Å²) in [4.78, 5) is 7.50. The molecule has 0 saturated carbocycles. The van der Waals surface area contributed by atoms with E-state index in [0.29, 0.717) is 50.2 Å². The Morgan fingerprint density at radius 3 is 2.77 bits per heavy atom. The second kappa shape index (κ2) is 11.1. The van der Waals surface area contributed by atoms with Crippen LogP contribution >= 0.6 is 0 Å². The number of aromatic nitrogens is 2. The summed E-state index contributed by atoms with van der Waals surface area (Å²) in [5.41, 5.74) is 1.00. The lowest BCUT2D eigenvalue weighted by molar-refractivity contribution is -0.0312. The van der Waals surface area contributed by atoms with Gasteiger partial charge in [-0.3, -0.25) is 4.98 Å². The van der Waals surface area contributed by atoms with E-state index in [1.54, 1.807) is 30.5 Å². The van der Waals surface area contributed by atoms with Crippen molar-refractivity contribution in [3.8, 4) is 5.75 Å². The molecule has 12 nitrogen and oxygen atoms in total. The highest BCUT2D eigenvalue weighted by atomic mass is 32.2. The Labute approximate surface area is 227 Å². The number of fused-ring (bicyclic) bond motifs is 1. The van der Waals surface area contributed by atoms with Gasteiger partial charge >= 0.3 is 0 Å². The number of H-pyrrole nitrogens is 1. The average Bonchev–Trinajstić information content (AvgIpc) is 3.58. The molecule has 5 rings (SSSR count). The Bertz CT molecular complexity index is 1520. The number of aliphatic hydroxyl groups is 1. The number of benzene rings is 1. The number of piperidine rings is 1.